The largest absolute Gasteiger partial charge is 0.494 e. The maximum Gasteiger partial charge on any atom is 0.115 e. The minimum atomic E-state index is 0.904. The zero-order valence-electron chi connectivity index (χ0n) is 7.33. The second-order valence-corrected chi connectivity index (χ2v) is 3.52. The molecule has 0 aliphatic heterocycles. The minimum absolute atomic E-state index is 0.904. The lowest BCUT2D eigenvalue weighted by Crippen LogP contribution is -1.96. The summed E-state index contributed by atoms with van der Waals surface area (Å²) in [5.41, 5.74) is 0. The Balaban J connectivity index is 1.64. The molecule has 0 aromatic rings. The second-order valence-electron chi connectivity index (χ2n) is 3.52. The molecule has 1 saturated carbocycles. The number of rotatable bonds is 4. The Hall–Kier alpha value is -0.720. The summed E-state index contributed by atoms with van der Waals surface area (Å²) in [5.74, 6) is 2.03. The molecule has 1 heteroatoms. The van der Waals surface area contributed by atoms with Crippen LogP contribution >= 0.6 is 0 Å². The third-order valence-corrected chi connectivity index (χ3v) is 2.34. The predicted molar refractivity (Wildman–Crippen MR) is 49.4 cm³/mol. The van der Waals surface area contributed by atoms with Gasteiger partial charge in [-0.25, -0.2) is 0 Å². The van der Waals surface area contributed by atoms with Gasteiger partial charge in [-0.05, 0) is 37.3 Å². The molecule has 2 aliphatic carbocycles. The van der Waals surface area contributed by atoms with E-state index in [1.807, 2.05) is 6.08 Å². The predicted octanol–water partition coefficient (Wildman–Crippen LogP) is 2.85. The fraction of sp³-hybridized carbons (Fsp3) is 0.545. The summed E-state index contributed by atoms with van der Waals surface area (Å²) in [4.78, 5) is 0. The second kappa shape index (κ2) is 3.79. The first-order chi connectivity index (χ1) is 5.95. The van der Waals surface area contributed by atoms with Gasteiger partial charge in [0.2, 0.25) is 0 Å². The molecular weight excluding hydrogens is 148 g/mol. The summed E-state index contributed by atoms with van der Waals surface area (Å²) >= 11 is 0. The van der Waals surface area contributed by atoms with Crippen LogP contribution in [0.2, 0.25) is 0 Å². The summed E-state index contributed by atoms with van der Waals surface area (Å²) < 4.78 is 5.59. The van der Waals surface area contributed by atoms with Crippen LogP contribution in [0.5, 0.6) is 0 Å². The third kappa shape index (κ3) is 2.40. The van der Waals surface area contributed by atoms with Crippen LogP contribution in [0, 0.1) is 12.3 Å². The Morgan fingerprint density at radius 1 is 1.42 bits per heavy atom. The molecule has 1 fully saturated rings. The molecule has 1 radical (unpaired) electrons. The minimum Gasteiger partial charge on any atom is -0.494 e. The third-order valence-electron chi connectivity index (χ3n) is 2.34. The molecule has 0 atom stereocenters. The van der Waals surface area contributed by atoms with Gasteiger partial charge in [0, 0.05) is 0 Å². The summed E-state index contributed by atoms with van der Waals surface area (Å²) in [7, 11) is 0. The van der Waals surface area contributed by atoms with Crippen molar-refractivity contribution in [2.24, 2.45) is 5.92 Å². The molecule has 0 bridgehead atoms. The van der Waals surface area contributed by atoms with Gasteiger partial charge in [-0.1, -0.05) is 18.9 Å². The average molecular weight is 163 g/mol. The van der Waals surface area contributed by atoms with Crippen molar-refractivity contribution in [2.75, 3.05) is 6.61 Å². The van der Waals surface area contributed by atoms with Crippen molar-refractivity contribution in [1.29, 1.82) is 0 Å². The maximum atomic E-state index is 5.59. The van der Waals surface area contributed by atoms with Crippen molar-refractivity contribution >= 4 is 0 Å². The molecule has 65 valence electrons. The quantitative estimate of drug-likeness (QED) is 0.619. The van der Waals surface area contributed by atoms with Crippen LogP contribution in [-0.4, -0.2) is 6.61 Å². The summed E-state index contributed by atoms with van der Waals surface area (Å²) in [6, 6.07) is 0. The fourth-order valence-electron chi connectivity index (χ4n) is 1.35. The highest BCUT2D eigenvalue weighted by Crippen LogP contribution is 2.32. The van der Waals surface area contributed by atoms with E-state index in [-0.39, 0.29) is 0 Å². The highest BCUT2D eigenvalue weighted by molar-refractivity contribution is 5.21. The maximum absolute atomic E-state index is 5.59. The van der Waals surface area contributed by atoms with E-state index in [9.17, 15) is 0 Å². The smallest absolute Gasteiger partial charge is 0.115 e. The van der Waals surface area contributed by atoms with Gasteiger partial charge >= 0.3 is 0 Å². The van der Waals surface area contributed by atoms with E-state index in [0.717, 1.165) is 24.7 Å². The molecule has 0 aromatic carbocycles. The van der Waals surface area contributed by atoms with Crippen molar-refractivity contribution in [1.82, 2.24) is 0 Å². The molecule has 0 unspecified atom stereocenters. The fourth-order valence-corrected chi connectivity index (χ4v) is 1.35. The van der Waals surface area contributed by atoms with Gasteiger partial charge in [0.05, 0.1) is 6.61 Å². The molecule has 0 amide bonds. The lowest BCUT2D eigenvalue weighted by molar-refractivity contribution is 0.213. The molecule has 12 heavy (non-hydrogen) atoms. The molecule has 1 nitrogen and oxygen atoms in total. The molecule has 0 saturated heterocycles. The average Bonchev–Trinajstić information content (AvgIpc) is 2.90. The van der Waals surface area contributed by atoms with E-state index in [4.69, 9.17) is 4.74 Å². The van der Waals surface area contributed by atoms with Crippen LogP contribution in [0.4, 0.5) is 0 Å². The standard InChI is InChI=1S/C11H15O/c1-2-4-11(5-3-1)12-9-8-10-6-7-10/h1-2,4-5,10H,3,6-9H2. The van der Waals surface area contributed by atoms with Gasteiger partial charge in [0.25, 0.3) is 0 Å². The summed E-state index contributed by atoms with van der Waals surface area (Å²) in [6.07, 6.45) is 13.5. The summed E-state index contributed by atoms with van der Waals surface area (Å²) in [5, 5.41) is 0. The van der Waals surface area contributed by atoms with Gasteiger partial charge in [0.1, 0.15) is 5.76 Å². The first-order valence-electron chi connectivity index (χ1n) is 4.78. The molecule has 0 N–H and O–H groups in total. The van der Waals surface area contributed by atoms with E-state index in [0.29, 0.717) is 0 Å². The highest BCUT2D eigenvalue weighted by atomic mass is 16.5. The molecule has 2 rings (SSSR count). The number of hydrogen-bond donors (Lipinski definition) is 0. The van der Waals surface area contributed by atoms with Gasteiger partial charge in [-0.3, -0.25) is 0 Å². The molecule has 0 heterocycles. The van der Waals surface area contributed by atoms with Gasteiger partial charge < -0.3 is 4.74 Å². The van der Waals surface area contributed by atoms with Crippen molar-refractivity contribution in [3.8, 4) is 0 Å². The lowest BCUT2D eigenvalue weighted by atomic mass is 10.2. The van der Waals surface area contributed by atoms with E-state index in [1.165, 1.54) is 19.3 Å². The normalized spacial score (nSPS) is 22.2. The Morgan fingerprint density at radius 3 is 3.00 bits per heavy atom. The zero-order valence-corrected chi connectivity index (χ0v) is 7.33. The van der Waals surface area contributed by atoms with Crippen molar-refractivity contribution in [2.45, 2.75) is 25.7 Å². The summed E-state index contributed by atoms with van der Waals surface area (Å²) in [6.45, 7) is 0.904. The van der Waals surface area contributed by atoms with Crippen LogP contribution in [0.3, 0.4) is 0 Å². The van der Waals surface area contributed by atoms with Crippen LogP contribution in [0.15, 0.2) is 24.0 Å². The Morgan fingerprint density at radius 2 is 2.33 bits per heavy atom. The van der Waals surface area contributed by atoms with Crippen molar-refractivity contribution in [3.05, 3.63) is 30.4 Å². The zero-order chi connectivity index (χ0) is 8.23. The Bertz CT molecular complexity index is 199. The van der Waals surface area contributed by atoms with Crippen molar-refractivity contribution < 1.29 is 4.74 Å². The number of ether oxygens (including phenoxy) is 1. The SMILES string of the molecule is [CH]1C=CC(OCCC2CC2)=CC1. The van der Waals surface area contributed by atoms with Gasteiger partial charge in [-0.2, -0.15) is 0 Å². The Labute approximate surface area is 74.1 Å². The van der Waals surface area contributed by atoms with Crippen LogP contribution < -0.4 is 0 Å². The van der Waals surface area contributed by atoms with Crippen LogP contribution in [0.1, 0.15) is 25.7 Å². The molecule has 0 aromatic heterocycles. The van der Waals surface area contributed by atoms with Crippen molar-refractivity contribution in [3.63, 3.8) is 0 Å². The molecule has 0 spiro atoms. The first kappa shape index (κ1) is 7.90. The van der Waals surface area contributed by atoms with Crippen LogP contribution in [-0.2, 0) is 4.74 Å². The lowest BCUT2D eigenvalue weighted by Gasteiger charge is -2.08. The highest BCUT2D eigenvalue weighted by Gasteiger charge is 2.20. The van der Waals surface area contributed by atoms with E-state index < -0.39 is 0 Å². The van der Waals surface area contributed by atoms with Crippen LogP contribution in [0.25, 0.3) is 0 Å². The number of allylic oxidation sites excluding steroid dienone is 3. The topological polar surface area (TPSA) is 9.23 Å². The van der Waals surface area contributed by atoms with E-state index in [1.54, 1.807) is 0 Å². The monoisotopic (exact) mass is 163 g/mol. The first-order valence-corrected chi connectivity index (χ1v) is 4.78. The van der Waals surface area contributed by atoms with E-state index >= 15 is 0 Å². The Kier molecular flexibility index (Phi) is 2.50. The van der Waals surface area contributed by atoms with Gasteiger partial charge in [-0.15, -0.1) is 0 Å². The van der Waals surface area contributed by atoms with E-state index in [2.05, 4.69) is 18.6 Å². The van der Waals surface area contributed by atoms with Gasteiger partial charge in [0.15, 0.2) is 0 Å². The molecule has 2 aliphatic rings. The number of hydrogen-bond acceptors (Lipinski definition) is 1. The molecular formula is C11H15O.